The van der Waals surface area contributed by atoms with E-state index in [1.165, 1.54) is 31.3 Å². The Morgan fingerprint density at radius 2 is 2.04 bits per heavy atom. The fourth-order valence-corrected chi connectivity index (χ4v) is 2.83. The number of carbonyl (C=O) groups is 1. The van der Waals surface area contributed by atoms with Crippen LogP contribution in [0.2, 0.25) is 0 Å². The number of amides is 1. The van der Waals surface area contributed by atoms with Crippen LogP contribution >= 0.6 is 11.3 Å². The van der Waals surface area contributed by atoms with Gasteiger partial charge in [0.2, 0.25) is 0 Å². The minimum atomic E-state index is -4.79. The smallest absolute Gasteiger partial charge is 0.406 e. The second-order valence-corrected chi connectivity index (χ2v) is 5.86. The van der Waals surface area contributed by atoms with E-state index in [1.54, 1.807) is 0 Å². The zero-order valence-electron chi connectivity index (χ0n) is 12.5. The van der Waals surface area contributed by atoms with Crippen molar-refractivity contribution in [3.05, 3.63) is 46.4 Å². The molecule has 2 aromatic heterocycles. The Bertz CT molecular complexity index is 1010. The maximum atomic E-state index is 12.2. The number of aryl methyl sites for hydroxylation is 1. The Morgan fingerprint density at radius 1 is 1.28 bits per heavy atom. The highest BCUT2D eigenvalue weighted by atomic mass is 32.1. The first-order valence-corrected chi connectivity index (χ1v) is 7.55. The molecule has 2 heterocycles. The van der Waals surface area contributed by atoms with E-state index >= 15 is 0 Å². The lowest BCUT2D eigenvalue weighted by molar-refractivity contribution is -0.274. The van der Waals surface area contributed by atoms with Crippen molar-refractivity contribution in [1.29, 1.82) is 0 Å². The zero-order valence-corrected chi connectivity index (χ0v) is 13.3. The number of thiazole rings is 1. The van der Waals surface area contributed by atoms with E-state index in [-0.39, 0.29) is 22.1 Å². The molecule has 3 rings (SSSR count). The number of nitrogens with one attached hydrogen (secondary N) is 1. The highest BCUT2D eigenvalue weighted by Gasteiger charge is 2.31. The van der Waals surface area contributed by atoms with E-state index in [0.29, 0.717) is 10.2 Å². The zero-order chi connectivity index (χ0) is 18.2. The summed E-state index contributed by atoms with van der Waals surface area (Å²) >= 11 is 0.981. The fourth-order valence-electron chi connectivity index (χ4n) is 1.94. The van der Waals surface area contributed by atoms with Crippen molar-refractivity contribution in [1.82, 2.24) is 14.8 Å². The molecule has 1 aromatic carbocycles. The van der Waals surface area contributed by atoms with E-state index < -0.39 is 12.3 Å². The van der Waals surface area contributed by atoms with Crippen LogP contribution in [0.15, 0.2) is 35.1 Å². The van der Waals surface area contributed by atoms with Gasteiger partial charge in [-0.1, -0.05) is 11.3 Å². The van der Waals surface area contributed by atoms with Gasteiger partial charge in [0.25, 0.3) is 11.5 Å². The molecule has 11 heteroatoms. The minimum absolute atomic E-state index is 0.00227. The quantitative estimate of drug-likeness (QED) is 0.766. The van der Waals surface area contributed by atoms with Crippen molar-refractivity contribution < 1.29 is 22.7 Å². The summed E-state index contributed by atoms with van der Waals surface area (Å²) in [6, 6.07) is 6.13. The van der Waals surface area contributed by atoms with Crippen molar-refractivity contribution in [3.63, 3.8) is 0 Å². The van der Waals surface area contributed by atoms with Gasteiger partial charge in [-0.15, -0.1) is 13.2 Å². The van der Waals surface area contributed by atoms with Gasteiger partial charge < -0.3 is 4.74 Å². The predicted octanol–water partition coefficient (Wildman–Crippen LogP) is 2.54. The molecule has 0 aliphatic heterocycles. The second kappa shape index (κ2) is 6.16. The Kier molecular flexibility index (Phi) is 4.17. The number of ether oxygens (including phenoxy) is 1. The summed E-state index contributed by atoms with van der Waals surface area (Å²) in [5.41, 5.74) is 0.0411. The lowest BCUT2D eigenvalue weighted by Crippen LogP contribution is -2.23. The number of benzene rings is 1. The van der Waals surface area contributed by atoms with Crippen LogP contribution in [-0.2, 0) is 7.05 Å². The predicted molar refractivity (Wildman–Crippen MR) is 83.7 cm³/mol. The number of carbonyl (C=O) groups excluding carboxylic acids is 1. The lowest BCUT2D eigenvalue weighted by atomic mass is 10.3. The number of fused-ring (bicyclic) bond motifs is 1. The van der Waals surface area contributed by atoms with Crippen molar-refractivity contribution in [2.24, 2.45) is 7.05 Å². The molecule has 0 saturated carbocycles. The third-order valence-corrected chi connectivity index (χ3v) is 3.94. The van der Waals surface area contributed by atoms with Gasteiger partial charge >= 0.3 is 6.36 Å². The Balaban J connectivity index is 1.82. The number of nitrogens with zero attached hydrogens (tertiary/aromatic N) is 3. The molecule has 130 valence electrons. The third-order valence-electron chi connectivity index (χ3n) is 3.01. The number of hydrogen-bond donors (Lipinski definition) is 1. The number of alkyl halides is 3. The average molecular weight is 370 g/mol. The Labute approximate surface area is 141 Å². The van der Waals surface area contributed by atoms with Crippen molar-refractivity contribution in [2.45, 2.75) is 6.36 Å². The molecule has 0 aliphatic rings. The van der Waals surface area contributed by atoms with Crippen LogP contribution in [-0.4, -0.2) is 27.0 Å². The molecule has 0 saturated heterocycles. The normalized spacial score (nSPS) is 11.5. The minimum Gasteiger partial charge on any atom is -0.406 e. The summed E-state index contributed by atoms with van der Waals surface area (Å²) in [4.78, 5) is 27.5. The molecule has 0 radical (unpaired) electrons. The molecular formula is C14H9F3N4O3S. The maximum absolute atomic E-state index is 12.2. The van der Waals surface area contributed by atoms with Gasteiger partial charge in [0, 0.05) is 19.2 Å². The van der Waals surface area contributed by atoms with Gasteiger partial charge in [0.05, 0.1) is 10.2 Å². The molecule has 7 nitrogen and oxygen atoms in total. The molecule has 0 unspecified atom stereocenters. The molecule has 1 amide bonds. The van der Waals surface area contributed by atoms with E-state index in [0.717, 1.165) is 22.1 Å². The first-order chi connectivity index (χ1) is 11.7. The van der Waals surface area contributed by atoms with Crippen LogP contribution < -0.4 is 15.6 Å². The highest BCUT2D eigenvalue weighted by Crippen LogP contribution is 2.31. The van der Waals surface area contributed by atoms with Gasteiger partial charge in [-0.25, -0.2) is 9.67 Å². The number of rotatable bonds is 3. The van der Waals surface area contributed by atoms with E-state index in [1.807, 2.05) is 0 Å². The van der Waals surface area contributed by atoms with Crippen LogP contribution in [0, 0.1) is 0 Å². The largest absolute Gasteiger partial charge is 0.573 e. The molecule has 25 heavy (non-hydrogen) atoms. The van der Waals surface area contributed by atoms with Gasteiger partial charge in [-0.05, 0) is 18.2 Å². The summed E-state index contributed by atoms with van der Waals surface area (Å²) in [6.07, 6.45) is -4.79. The SMILES string of the molecule is Cn1nc(C(=O)Nc2nc3ccc(OC(F)(F)F)cc3s2)ccc1=O. The monoisotopic (exact) mass is 370 g/mol. The van der Waals surface area contributed by atoms with E-state index in [2.05, 4.69) is 20.1 Å². The fraction of sp³-hybridized carbons (Fsp3) is 0.143. The molecule has 3 aromatic rings. The molecule has 0 bridgehead atoms. The first-order valence-electron chi connectivity index (χ1n) is 6.73. The summed E-state index contributed by atoms with van der Waals surface area (Å²) in [6.45, 7) is 0. The van der Waals surface area contributed by atoms with Crippen molar-refractivity contribution in [3.8, 4) is 5.75 Å². The standard InChI is InChI=1S/C14H9F3N4O3S/c1-21-11(22)5-4-9(20-21)12(23)19-13-18-8-3-2-7(6-10(8)25-13)24-14(15,16)17/h2-6H,1H3,(H,18,19,23). The number of anilines is 1. The van der Waals surface area contributed by atoms with E-state index in [4.69, 9.17) is 0 Å². The topological polar surface area (TPSA) is 86.1 Å². The van der Waals surface area contributed by atoms with Crippen LogP contribution in [0.4, 0.5) is 18.3 Å². The molecule has 0 atom stereocenters. The van der Waals surface area contributed by atoms with Gasteiger partial charge in [-0.2, -0.15) is 5.10 Å². The number of hydrogen-bond acceptors (Lipinski definition) is 6. The van der Waals surface area contributed by atoms with Crippen LogP contribution in [0.5, 0.6) is 5.75 Å². The van der Waals surface area contributed by atoms with Crippen molar-refractivity contribution >= 4 is 32.6 Å². The van der Waals surface area contributed by atoms with Crippen LogP contribution in [0.1, 0.15) is 10.5 Å². The summed E-state index contributed by atoms with van der Waals surface area (Å²) in [5.74, 6) is -0.970. The van der Waals surface area contributed by atoms with Crippen LogP contribution in [0.25, 0.3) is 10.2 Å². The van der Waals surface area contributed by atoms with Gasteiger partial charge in [-0.3, -0.25) is 14.9 Å². The number of aromatic nitrogens is 3. The summed E-state index contributed by atoms with van der Waals surface area (Å²) in [5, 5.41) is 6.47. The Morgan fingerprint density at radius 3 is 2.72 bits per heavy atom. The molecule has 0 aliphatic carbocycles. The first kappa shape index (κ1) is 16.9. The second-order valence-electron chi connectivity index (χ2n) is 4.83. The molecule has 0 spiro atoms. The summed E-state index contributed by atoms with van der Waals surface area (Å²) in [7, 11) is 1.40. The molecular weight excluding hydrogens is 361 g/mol. The van der Waals surface area contributed by atoms with Gasteiger partial charge in [0.1, 0.15) is 11.4 Å². The van der Waals surface area contributed by atoms with E-state index in [9.17, 15) is 22.8 Å². The lowest BCUT2D eigenvalue weighted by Gasteiger charge is -2.07. The molecule has 1 N–H and O–H groups in total. The third kappa shape index (κ3) is 3.94. The maximum Gasteiger partial charge on any atom is 0.573 e. The average Bonchev–Trinajstić information content (AvgIpc) is 2.89. The van der Waals surface area contributed by atoms with Crippen molar-refractivity contribution in [2.75, 3.05) is 5.32 Å². The Hall–Kier alpha value is -2.95. The summed E-state index contributed by atoms with van der Waals surface area (Å²) < 4.78 is 42.0. The molecule has 0 fully saturated rings. The van der Waals surface area contributed by atoms with Gasteiger partial charge in [0.15, 0.2) is 5.13 Å². The van der Waals surface area contributed by atoms with Crippen LogP contribution in [0.3, 0.4) is 0 Å². The number of halogens is 3. The highest BCUT2D eigenvalue weighted by molar-refractivity contribution is 7.22.